The van der Waals surface area contributed by atoms with Crippen LogP contribution in [0.25, 0.3) is 0 Å². The van der Waals surface area contributed by atoms with E-state index in [1.165, 1.54) is 11.1 Å². The van der Waals surface area contributed by atoms with Crippen molar-refractivity contribution in [1.82, 2.24) is 5.32 Å². The molecule has 24 heavy (non-hydrogen) atoms. The van der Waals surface area contributed by atoms with Gasteiger partial charge in [0.05, 0.1) is 13.2 Å². The van der Waals surface area contributed by atoms with Crippen molar-refractivity contribution in [1.29, 1.82) is 0 Å². The Kier molecular flexibility index (Phi) is 5.80. The summed E-state index contributed by atoms with van der Waals surface area (Å²) in [6, 6.07) is 11.7. The van der Waals surface area contributed by atoms with Crippen LogP contribution in [0.5, 0.6) is 5.75 Å². The molecule has 0 aromatic heterocycles. The van der Waals surface area contributed by atoms with Gasteiger partial charge in [0.25, 0.3) is 5.91 Å². The number of rotatable bonds is 6. The molecule has 0 saturated carbocycles. The minimum absolute atomic E-state index is 0.0534. The first kappa shape index (κ1) is 17.8. The van der Waals surface area contributed by atoms with Crippen LogP contribution in [-0.2, 0) is 6.42 Å². The predicted molar refractivity (Wildman–Crippen MR) is 98.7 cm³/mol. The Morgan fingerprint density at radius 2 is 2.00 bits per heavy atom. The second-order valence-corrected chi connectivity index (χ2v) is 6.07. The molecule has 0 aliphatic rings. The summed E-state index contributed by atoms with van der Waals surface area (Å²) in [5.41, 5.74) is 5.09. The van der Waals surface area contributed by atoms with Crippen LogP contribution < -0.4 is 10.1 Å². The molecule has 0 aliphatic heterocycles. The molecule has 0 saturated heterocycles. The molecule has 0 radical (unpaired) electrons. The highest BCUT2D eigenvalue weighted by Gasteiger charge is 2.15. The SMILES string of the molecule is C=CCc1cc(C(=O)N[C@@H](C)c2cc(C)ccc2C)ccc1OC. The average molecular weight is 323 g/mol. The fourth-order valence-electron chi connectivity index (χ4n) is 2.82. The molecule has 1 N–H and O–H groups in total. The summed E-state index contributed by atoms with van der Waals surface area (Å²) in [6.07, 6.45) is 2.47. The van der Waals surface area contributed by atoms with E-state index >= 15 is 0 Å². The van der Waals surface area contributed by atoms with Crippen LogP contribution in [0.4, 0.5) is 0 Å². The van der Waals surface area contributed by atoms with Crippen LogP contribution >= 0.6 is 0 Å². The molecule has 3 nitrogen and oxygen atoms in total. The van der Waals surface area contributed by atoms with E-state index in [0.29, 0.717) is 12.0 Å². The lowest BCUT2D eigenvalue weighted by atomic mass is 9.99. The van der Waals surface area contributed by atoms with Gasteiger partial charge in [0, 0.05) is 5.56 Å². The average Bonchev–Trinajstić information content (AvgIpc) is 2.57. The van der Waals surface area contributed by atoms with Gasteiger partial charge in [-0.1, -0.05) is 29.8 Å². The molecule has 0 unspecified atom stereocenters. The number of hydrogen-bond donors (Lipinski definition) is 1. The van der Waals surface area contributed by atoms with Gasteiger partial charge in [0.2, 0.25) is 0 Å². The van der Waals surface area contributed by atoms with Crippen molar-refractivity contribution in [3.63, 3.8) is 0 Å². The molecule has 1 amide bonds. The Morgan fingerprint density at radius 1 is 1.25 bits per heavy atom. The fraction of sp³-hybridized carbons (Fsp3) is 0.286. The van der Waals surface area contributed by atoms with E-state index in [9.17, 15) is 4.79 Å². The number of hydrogen-bond acceptors (Lipinski definition) is 2. The third-order valence-corrected chi connectivity index (χ3v) is 4.16. The zero-order chi connectivity index (χ0) is 17.7. The van der Waals surface area contributed by atoms with Gasteiger partial charge in [-0.3, -0.25) is 4.79 Å². The van der Waals surface area contributed by atoms with Gasteiger partial charge in [-0.25, -0.2) is 0 Å². The second kappa shape index (κ2) is 7.82. The van der Waals surface area contributed by atoms with Crippen LogP contribution in [0.3, 0.4) is 0 Å². The van der Waals surface area contributed by atoms with Crippen LogP contribution in [-0.4, -0.2) is 13.0 Å². The van der Waals surface area contributed by atoms with Gasteiger partial charge in [-0.15, -0.1) is 6.58 Å². The first-order valence-electron chi connectivity index (χ1n) is 8.12. The van der Waals surface area contributed by atoms with E-state index < -0.39 is 0 Å². The lowest BCUT2D eigenvalue weighted by Crippen LogP contribution is -2.27. The Labute approximate surface area is 144 Å². The standard InChI is InChI=1S/C21H25NO2/c1-6-7-17-13-18(10-11-20(17)24-5)21(23)22-16(4)19-12-14(2)8-9-15(19)3/h6,8-13,16H,1,7H2,2-5H3,(H,22,23)/t16-/m0/s1. The van der Waals surface area contributed by atoms with Crippen molar-refractivity contribution in [3.8, 4) is 5.75 Å². The number of amides is 1. The van der Waals surface area contributed by atoms with Crippen LogP contribution in [0.1, 0.15) is 45.6 Å². The quantitative estimate of drug-likeness (QED) is 0.793. The highest BCUT2D eigenvalue weighted by Crippen LogP contribution is 2.22. The Bertz CT molecular complexity index is 749. The van der Waals surface area contributed by atoms with Gasteiger partial charge in [0.15, 0.2) is 0 Å². The van der Waals surface area contributed by atoms with Gasteiger partial charge in [0.1, 0.15) is 5.75 Å². The topological polar surface area (TPSA) is 38.3 Å². The molecule has 0 fully saturated rings. The maximum atomic E-state index is 12.6. The first-order chi connectivity index (χ1) is 11.5. The lowest BCUT2D eigenvalue weighted by Gasteiger charge is -2.18. The predicted octanol–water partition coefficient (Wildman–Crippen LogP) is 4.53. The molecule has 0 heterocycles. The molecule has 0 spiro atoms. The smallest absolute Gasteiger partial charge is 0.251 e. The minimum Gasteiger partial charge on any atom is -0.496 e. The molecule has 3 heteroatoms. The van der Waals surface area contributed by atoms with E-state index in [4.69, 9.17) is 4.74 Å². The zero-order valence-electron chi connectivity index (χ0n) is 14.8. The van der Waals surface area contributed by atoms with Gasteiger partial charge in [-0.05, 0) is 62.1 Å². The largest absolute Gasteiger partial charge is 0.496 e. The van der Waals surface area contributed by atoms with E-state index in [1.54, 1.807) is 19.3 Å². The van der Waals surface area contributed by atoms with Gasteiger partial charge < -0.3 is 10.1 Å². The number of methoxy groups -OCH3 is 1. The van der Waals surface area contributed by atoms with E-state index in [2.05, 4.69) is 43.9 Å². The third kappa shape index (κ3) is 4.05. The number of ether oxygens (including phenoxy) is 1. The Hall–Kier alpha value is -2.55. The molecule has 0 aliphatic carbocycles. The first-order valence-corrected chi connectivity index (χ1v) is 8.12. The second-order valence-electron chi connectivity index (χ2n) is 6.07. The normalized spacial score (nSPS) is 11.7. The van der Waals surface area contributed by atoms with E-state index in [1.807, 2.05) is 19.1 Å². The van der Waals surface area contributed by atoms with Crippen molar-refractivity contribution < 1.29 is 9.53 Å². The summed E-state index contributed by atoms with van der Waals surface area (Å²) in [7, 11) is 1.63. The maximum Gasteiger partial charge on any atom is 0.251 e. The summed E-state index contributed by atoms with van der Waals surface area (Å²) in [4.78, 5) is 12.6. The summed E-state index contributed by atoms with van der Waals surface area (Å²) in [6.45, 7) is 9.88. The van der Waals surface area contributed by atoms with Gasteiger partial charge in [-0.2, -0.15) is 0 Å². The van der Waals surface area contributed by atoms with Crippen LogP contribution in [0, 0.1) is 13.8 Å². The molecule has 2 aromatic rings. The molecule has 126 valence electrons. The van der Waals surface area contributed by atoms with Crippen molar-refractivity contribution in [2.75, 3.05) is 7.11 Å². The Morgan fingerprint density at radius 3 is 2.67 bits per heavy atom. The number of aryl methyl sites for hydroxylation is 2. The molecule has 2 rings (SSSR count). The molecule has 2 aromatic carbocycles. The molecular weight excluding hydrogens is 298 g/mol. The Balaban J connectivity index is 2.21. The molecule has 0 bridgehead atoms. The van der Waals surface area contributed by atoms with Crippen molar-refractivity contribution >= 4 is 5.91 Å². The van der Waals surface area contributed by atoms with Crippen molar-refractivity contribution in [2.24, 2.45) is 0 Å². The highest BCUT2D eigenvalue weighted by atomic mass is 16.5. The van der Waals surface area contributed by atoms with E-state index in [-0.39, 0.29) is 11.9 Å². The number of benzene rings is 2. The highest BCUT2D eigenvalue weighted by molar-refractivity contribution is 5.94. The number of nitrogens with one attached hydrogen (secondary N) is 1. The third-order valence-electron chi connectivity index (χ3n) is 4.16. The van der Waals surface area contributed by atoms with Crippen LogP contribution in [0.15, 0.2) is 49.1 Å². The molecular formula is C21H25NO2. The maximum absolute atomic E-state index is 12.6. The number of carbonyl (C=O) groups is 1. The number of carbonyl (C=O) groups excluding carboxylic acids is 1. The monoisotopic (exact) mass is 323 g/mol. The summed E-state index contributed by atoms with van der Waals surface area (Å²) in [5, 5.41) is 3.08. The number of allylic oxidation sites excluding steroid dienone is 1. The fourth-order valence-corrected chi connectivity index (χ4v) is 2.82. The van der Waals surface area contributed by atoms with Crippen molar-refractivity contribution in [2.45, 2.75) is 33.2 Å². The van der Waals surface area contributed by atoms with Gasteiger partial charge >= 0.3 is 0 Å². The van der Waals surface area contributed by atoms with Crippen molar-refractivity contribution in [3.05, 3.63) is 76.9 Å². The lowest BCUT2D eigenvalue weighted by molar-refractivity contribution is 0.0939. The summed E-state index contributed by atoms with van der Waals surface area (Å²) in [5.74, 6) is 0.686. The minimum atomic E-state index is -0.0867. The van der Waals surface area contributed by atoms with E-state index in [0.717, 1.165) is 16.9 Å². The zero-order valence-corrected chi connectivity index (χ0v) is 14.8. The summed E-state index contributed by atoms with van der Waals surface area (Å²) < 4.78 is 5.33. The molecule has 1 atom stereocenters. The van der Waals surface area contributed by atoms with Crippen LogP contribution in [0.2, 0.25) is 0 Å². The summed E-state index contributed by atoms with van der Waals surface area (Å²) >= 11 is 0.